The van der Waals surface area contributed by atoms with Gasteiger partial charge in [0.2, 0.25) is 0 Å². The number of hydrogen-bond acceptors (Lipinski definition) is 5. The lowest BCUT2D eigenvalue weighted by atomic mass is 10.1. The first-order chi connectivity index (χ1) is 13.1. The molecule has 1 N–H and O–H groups in total. The molecule has 0 unspecified atom stereocenters. The van der Waals surface area contributed by atoms with E-state index in [1.807, 2.05) is 18.2 Å². The second-order valence-corrected chi connectivity index (χ2v) is 5.99. The largest absolute Gasteiger partial charge is 0.484 e. The summed E-state index contributed by atoms with van der Waals surface area (Å²) in [6, 6.07) is 13.7. The Kier molecular flexibility index (Phi) is 5.78. The van der Waals surface area contributed by atoms with Crippen LogP contribution >= 0.6 is 11.6 Å². The van der Waals surface area contributed by atoms with Crippen molar-refractivity contribution >= 4 is 29.2 Å². The van der Waals surface area contributed by atoms with E-state index in [1.165, 1.54) is 19.2 Å². The second-order valence-electron chi connectivity index (χ2n) is 5.56. The van der Waals surface area contributed by atoms with E-state index in [-0.39, 0.29) is 12.2 Å². The fourth-order valence-corrected chi connectivity index (χ4v) is 2.61. The average Bonchev–Trinajstić information content (AvgIpc) is 3.22. The van der Waals surface area contributed by atoms with E-state index in [1.54, 1.807) is 30.7 Å². The molecule has 138 valence electrons. The van der Waals surface area contributed by atoms with E-state index >= 15 is 0 Å². The van der Waals surface area contributed by atoms with Crippen LogP contribution in [0.2, 0.25) is 5.02 Å². The van der Waals surface area contributed by atoms with Gasteiger partial charge in [-0.3, -0.25) is 4.79 Å². The van der Waals surface area contributed by atoms with Gasteiger partial charge in [-0.15, -0.1) is 0 Å². The van der Waals surface area contributed by atoms with E-state index < -0.39 is 11.9 Å². The number of carbonyl (C=O) groups excluding carboxylic acids is 2. The van der Waals surface area contributed by atoms with Crippen molar-refractivity contribution in [3.8, 4) is 16.9 Å². The number of rotatable bonds is 6. The summed E-state index contributed by atoms with van der Waals surface area (Å²) < 4.78 is 15.3. The lowest BCUT2D eigenvalue weighted by Gasteiger charge is -2.11. The highest BCUT2D eigenvalue weighted by atomic mass is 35.5. The highest BCUT2D eigenvalue weighted by molar-refractivity contribution is 6.31. The van der Waals surface area contributed by atoms with Gasteiger partial charge in [-0.1, -0.05) is 23.7 Å². The van der Waals surface area contributed by atoms with E-state index in [4.69, 9.17) is 25.5 Å². The van der Waals surface area contributed by atoms with Gasteiger partial charge in [0.1, 0.15) is 5.75 Å². The van der Waals surface area contributed by atoms with Crippen molar-refractivity contribution in [2.75, 3.05) is 19.0 Å². The number of ether oxygens (including phenoxy) is 2. The topological polar surface area (TPSA) is 77.8 Å². The van der Waals surface area contributed by atoms with Crippen LogP contribution in [-0.2, 0) is 9.53 Å². The minimum atomic E-state index is -0.596. The van der Waals surface area contributed by atoms with Crippen molar-refractivity contribution in [2.45, 2.75) is 0 Å². The number of carbonyl (C=O) groups is 2. The van der Waals surface area contributed by atoms with Crippen molar-refractivity contribution in [3.63, 3.8) is 0 Å². The molecule has 1 heterocycles. The smallest absolute Gasteiger partial charge is 0.340 e. The molecular weight excluding hydrogens is 370 g/mol. The summed E-state index contributed by atoms with van der Waals surface area (Å²) in [7, 11) is 1.25. The molecule has 0 aliphatic carbocycles. The maximum absolute atomic E-state index is 12.2. The third-order valence-electron chi connectivity index (χ3n) is 3.72. The first-order valence-corrected chi connectivity index (χ1v) is 8.38. The molecule has 0 radical (unpaired) electrons. The molecular formula is C20H16ClNO5. The number of furan rings is 1. The fraction of sp³-hybridized carbons (Fsp3) is 0.100. The molecule has 0 saturated carbocycles. The number of halogens is 1. The van der Waals surface area contributed by atoms with Crippen LogP contribution in [0.4, 0.5) is 5.69 Å². The molecule has 1 aromatic heterocycles. The van der Waals surface area contributed by atoms with Gasteiger partial charge in [0.15, 0.2) is 6.61 Å². The molecule has 0 saturated heterocycles. The van der Waals surface area contributed by atoms with Gasteiger partial charge < -0.3 is 19.2 Å². The maximum atomic E-state index is 12.2. The molecule has 7 heteroatoms. The lowest BCUT2D eigenvalue weighted by Crippen LogP contribution is -2.21. The molecule has 0 spiro atoms. The Bertz CT molecular complexity index is 953. The number of esters is 1. The number of nitrogens with one attached hydrogen (secondary N) is 1. The fourth-order valence-electron chi connectivity index (χ4n) is 2.43. The van der Waals surface area contributed by atoms with Crippen LogP contribution in [0, 0.1) is 0 Å². The number of amides is 1. The van der Waals surface area contributed by atoms with Gasteiger partial charge >= 0.3 is 5.97 Å². The summed E-state index contributed by atoms with van der Waals surface area (Å²) in [4.78, 5) is 24.0. The standard InChI is InChI=1S/C20H16ClNO5/c1-25-20(24)17-10-15(21)5-6-18(17)22-19(23)12-27-16-4-2-3-13(9-16)14-7-8-26-11-14/h2-11H,12H2,1H3,(H,22,23). The molecule has 0 bridgehead atoms. The van der Waals surface area contributed by atoms with Crippen molar-refractivity contribution in [1.82, 2.24) is 0 Å². The van der Waals surface area contributed by atoms with Gasteiger partial charge in [-0.05, 0) is 42.0 Å². The summed E-state index contributed by atoms with van der Waals surface area (Å²) in [6.45, 7) is -0.224. The molecule has 0 atom stereocenters. The zero-order chi connectivity index (χ0) is 19.2. The Labute approximate surface area is 160 Å². The predicted molar refractivity (Wildman–Crippen MR) is 101 cm³/mol. The molecule has 1 amide bonds. The van der Waals surface area contributed by atoms with E-state index in [9.17, 15) is 9.59 Å². The minimum absolute atomic E-state index is 0.167. The van der Waals surface area contributed by atoms with Crippen LogP contribution in [0.15, 0.2) is 65.5 Å². The zero-order valence-corrected chi connectivity index (χ0v) is 15.2. The monoisotopic (exact) mass is 385 g/mol. The van der Waals surface area contributed by atoms with Gasteiger partial charge in [0.25, 0.3) is 5.91 Å². The van der Waals surface area contributed by atoms with Crippen molar-refractivity contribution < 1.29 is 23.5 Å². The quantitative estimate of drug-likeness (QED) is 0.636. The van der Waals surface area contributed by atoms with Crippen LogP contribution in [0.1, 0.15) is 10.4 Å². The first kappa shape index (κ1) is 18.5. The van der Waals surface area contributed by atoms with Gasteiger partial charge in [0.05, 0.1) is 30.9 Å². The predicted octanol–water partition coefficient (Wildman–Crippen LogP) is 4.40. The van der Waals surface area contributed by atoms with Crippen LogP contribution in [0.25, 0.3) is 11.1 Å². The van der Waals surface area contributed by atoms with Crippen LogP contribution in [0.3, 0.4) is 0 Å². The SMILES string of the molecule is COC(=O)c1cc(Cl)ccc1NC(=O)COc1cccc(-c2ccoc2)c1. The molecule has 6 nitrogen and oxygen atoms in total. The van der Waals surface area contributed by atoms with Crippen molar-refractivity contribution in [1.29, 1.82) is 0 Å². The third-order valence-corrected chi connectivity index (χ3v) is 3.95. The molecule has 27 heavy (non-hydrogen) atoms. The highest BCUT2D eigenvalue weighted by Gasteiger charge is 2.15. The molecule has 3 rings (SSSR count). The van der Waals surface area contributed by atoms with Crippen molar-refractivity contribution in [2.24, 2.45) is 0 Å². The Morgan fingerprint density at radius 2 is 1.96 bits per heavy atom. The first-order valence-electron chi connectivity index (χ1n) is 8.00. The van der Waals surface area contributed by atoms with Gasteiger partial charge in [-0.25, -0.2) is 4.79 Å². The Balaban J connectivity index is 1.66. The van der Waals surface area contributed by atoms with E-state index in [0.717, 1.165) is 11.1 Å². The second kappa shape index (κ2) is 8.42. The molecule has 2 aromatic carbocycles. The normalized spacial score (nSPS) is 10.3. The van der Waals surface area contributed by atoms with Crippen molar-refractivity contribution in [3.05, 3.63) is 71.6 Å². The Morgan fingerprint density at radius 3 is 2.70 bits per heavy atom. The van der Waals surface area contributed by atoms with Gasteiger partial charge in [0, 0.05) is 10.6 Å². The summed E-state index contributed by atoms with van der Waals surface area (Å²) in [5.41, 5.74) is 2.29. The van der Waals surface area contributed by atoms with Crippen LogP contribution in [0.5, 0.6) is 5.75 Å². The Hall–Kier alpha value is -3.25. The summed E-state index contributed by atoms with van der Waals surface area (Å²) in [5.74, 6) is -0.481. The average molecular weight is 386 g/mol. The maximum Gasteiger partial charge on any atom is 0.340 e. The highest BCUT2D eigenvalue weighted by Crippen LogP contribution is 2.24. The minimum Gasteiger partial charge on any atom is -0.484 e. The van der Waals surface area contributed by atoms with E-state index in [2.05, 4.69) is 5.32 Å². The number of anilines is 1. The molecule has 0 aliphatic heterocycles. The Morgan fingerprint density at radius 1 is 1.11 bits per heavy atom. The zero-order valence-electron chi connectivity index (χ0n) is 14.4. The molecule has 0 aliphatic rings. The summed E-state index contributed by atoms with van der Waals surface area (Å²) in [5, 5.41) is 2.99. The van der Waals surface area contributed by atoms with E-state index in [0.29, 0.717) is 16.5 Å². The lowest BCUT2D eigenvalue weighted by molar-refractivity contribution is -0.118. The number of hydrogen-bond donors (Lipinski definition) is 1. The van der Waals surface area contributed by atoms with Gasteiger partial charge in [-0.2, -0.15) is 0 Å². The third kappa shape index (κ3) is 4.68. The number of benzene rings is 2. The van der Waals surface area contributed by atoms with Crippen LogP contribution < -0.4 is 10.1 Å². The molecule has 3 aromatic rings. The summed E-state index contributed by atoms with van der Waals surface area (Å²) in [6.07, 6.45) is 3.21. The number of methoxy groups -OCH3 is 1. The summed E-state index contributed by atoms with van der Waals surface area (Å²) >= 11 is 5.90. The van der Waals surface area contributed by atoms with Crippen LogP contribution in [-0.4, -0.2) is 25.6 Å². The molecule has 0 fully saturated rings.